The van der Waals surface area contributed by atoms with Crippen LogP contribution in [0.5, 0.6) is 0 Å². The topological polar surface area (TPSA) is 129 Å². The van der Waals surface area contributed by atoms with E-state index in [0.717, 1.165) is 12.1 Å². The quantitative estimate of drug-likeness (QED) is 0.243. The number of halogens is 4. The molecular formula is C34H20Cl2F2N4O2. The van der Waals surface area contributed by atoms with Crippen molar-refractivity contribution in [1.82, 2.24) is 0 Å². The molecule has 2 aromatic rings. The SMILES string of the molecule is N#CC(C#N)=C1/C(=C/C2CCCC(/C=C3\C(=O)c4cc(Cl)c(Cl)cc4C3=C(C#N)C#N)CCC2)C(=O)c2cc(F)c(F)cc21. The Kier molecular flexibility index (Phi) is 8.62. The molecule has 0 amide bonds. The fourth-order valence-corrected chi connectivity index (χ4v) is 6.53. The van der Waals surface area contributed by atoms with Crippen LogP contribution in [-0.4, -0.2) is 11.6 Å². The monoisotopic (exact) mass is 624 g/mol. The molecule has 1 fully saturated rings. The molecule has 3 aliphatic rings. The summed E-state index contributed by atoms with van der Waals surface area (Å²) in [7, 11) is 0. The van der Waals surface area contributed by atoms with Gasteiger partial charge < -0.3 is 0 Å². The molecule has 0 aliphatic heterocycles. The molecule has 5 rings (SSSR count). The number of fused-ring (bicyclic) bond motifs is 2. The van der Waals surface area contributed by atoms with Gasteiger partial charge in [0, 0.05) is 33.4 Å². The van der Waals surface area contributed by atoms with Gasteiger partial charge in [0.15, 0.2) is 23.2 Å². The van der Waals surface area contributed by atoms with E-state index in [2.05, 4.69) is 0 Å². The van der Waals surface area contributed by atoms with E-state index in [-0.39, 0.29) is 77.8 Å². The summed E-state index contributed by atoms with van der Waals surface area (Å²) in [5.41, 5.74) is 0.686. The Bertz CT molecular complexity index is 1780. The van der Waals surface area contributed by atoms with Gasteiger partial charge in [-0.25, -0.2) is 8.78 Å². The molecule has 0 bridgehead atoms. The van der Waals surface area contributed by atoms with Gasteiger partial charge in [0.05, 0.1) is 10.0 Å². The third-order valence-corrected chi connectivity index (χ3v) is 8.95. The van der Waals surface area contributed by atoms with Crippen molar-refractivity contribution in [2.75, 3.05) is 0 Å². The molecular weight excluding hydrogens is 605 g/mol. The molecule has 0 aromatic heterocycles. The summed E-state index contributed by atoms with van der Waals surface area (Å²) in [6.45, 7) is 0. The Balaban J connectivity index is 1.42. The highest BCUT2D eigenvalue weighted by atomic mass is 35.5. The second-order valence-electron chi connectivity index (χ2n) is 10.8. The maximum Gasteiger partial charge on any atom is 0.194 e. The van der Waals surface area contributed by atoms with E-state index in [1.54, 1.807) is 18.2 Å². The molecule has 2 aromatic carbocycles. The van der Waals surface area contributed by atoms with Gasteiger partial charge in [-0.05, 0) is 72.9 Å². The molecule has 44 heavy (non-hydrogen) atoms. The summed E-state index contributed by atoms with van der Waals surface area (Å²) in [5.74, 6) is -3.42. The minimum atomic E-state index is -1.19. The van der Waals surface area contributed by atoms with Gasteiger partial charge in [-0.3, -0.25) is 9.59 Å². The van der Waals surface area contributed by atoms with Crippen molar-refractivity contribution in [3.05, 3.63) is 103 Å². The summed E-state index contributed by atoms with van der Waals surface area (Å²) >= 11 is 12.4. The number of carbonyl (C=O) groups excluding carboxylic acids is 2. The predicted octanol–water partition coefficient (Wildman–Crippen LogP) is 8.41. The average Bonchev–Trinajstić information content (AvgIpc) is 3.39. The van der Waals surface area contributed by atoms with Crippen molar-refractivity contribution in [2.45, 2.75) is 38.5 Å². The number of hydrogen-bond donors (Lipinski definition) is 0. The zero-order valence-electron chi connectivity index (χ0n) is 23.0. The number of carbonyl (C=O) groups is 2. The van der Waals surface area contributed by atoms with Crippen molar-refractivity contribution >= 4 is 45.9 Å². The van der Waals surface area contributed by atoms with Crippen LogP contribution in [0.4, 0.5) is 8.78 Å². The Morgan fingerprint density at radius 2 is 0.977 bits per heavy atom. The number of rotatable bonds is 2. The van der Waals surface area contributed by atoms with Crippen LogP contribution in [0.1, 0.15) is 70.4 Å². The highest BCUT2D eigenvalue weighted by Crippen LogP contribution is 2.44. The molecule has 0 unspecified atom stereocenters. The van der Waals surface area contributed by atoms with Gasteiger partial charge in [-0.2, -0.15) is 21.0 Å². The van der Waals surface area contributed by atoms with E-state index < -0.39 is 17.4 Å². The van der Waals surface area contributed by atoms with Gasteiger partial charge in [0.25, 0.3) is 0 Å². The number of ketones is 2. The first kappa shape index (κ1) is 30.6. The zero-order chi connectivity index (χ0) is 31.7. The van der Waals surface area contributed by atoms with Crippen LogP contribution in [0.25, 0.3) is 11.1 Å². The van der Waals surface area contributed by atoms with Crippen molar-refractivity contribution in [1.29, 1.82) is 21.0 Å². The highest BCUT2D eigenvalue weighted by molar-refractivity contribution is 6.43. The van der Waals surface area contributed by atoms with Crippen molar-refractivity contribution in [3.63, 3.8) is 0 Å². The van der Waals surface area contributed by atoms with Crippen LogP contribution in [0, 0.1) is 68.8 Å². The molecule has 0 heterocycles. The summed E-state index contributed by atoms with van der Waals surface area (Å²) < 4.78 is 28.1. The third kappa shape index (κ3) is 5.36. The van der Waals surface area contributed by atoms with Crippen molar-refractivity contribution < 1.29 is 18.4 Å². The van der Waals surface area contributed by atoms with Crippen LogP contribution in [0.15, 0.2) is 58.7 Å². The largest absolute Gasteiger partial charge is 0.289 e. The number of allylic oxidation sites excluding steroid dienone is 8. The van der Waals surface area contributed by atoms with Crippen molar-refractivity contribution in [2.24, 2.45) is 11.8 Å². The van der Waals surface area contributed by atoms with Crippen LogP contribution >= 0.6 is 23.2 Å². The molecule has 1 saturated carbocycles. The van der Waals surface area contributed by atoms with Gasteiger partial charge in [0.1, 0.15) is 35.4 Å². The fraction of sp³-hybridized carbons (Fsp3) is 0.235. The molecule has 0 saturated heterocycles. The lowest BCUT2D eigenvalue weighted by Gasteiger charge is -2.22. The maximum atomic E-state index is 14.1. The Labute approximate surface area is 262 Å². The van der Waals surface area contributed by atoms with Crippen molar-refractivity contribution in [3.8, 4) is 24.3 Å². The Morgan fingerprint density at radius 1 is 0.636 bits per heavy atom. The molecule has 10 heteroatoms. The molecule has 0 atom stereocenters. The Hall–Kier alpha value is -4.86. The number of nitriles is 4. The third-order valence-electron chi connectivity index (χ3n) is 8.23. The smallest absolute Gasteiger partial charge is 0.194 e. The minimum Gasteiger partial charge on any atom is -0.289 e. The second-order valence-corrected chi connectivity index (χ2v) is 11.6. The first-order valence-electron chi connectivity index (χ1n) is 13.7. The summed E-state index contributed by atoms with van der Waals surface area (Å²) in [4.78, 5) is 26.7. The predicted molar refractivity (Wildman–Crippen MR) is 159 cm³/mol. The molecule has 0 radical (unpaired) electrons. The molecule has 216 valence electrons. The fourth-order valence-electron chi connectivity index (χ4n) is 6.20. The number of hydrogen-bond acceptors (Lipinski definition) is 6. The van der Waals surface area contributed by atoms with E-state index >= 15 is 0 Å². The highest BCUT2D eigenvalue weighted by Gasteiger charge is 2.36. The van der Waals surface area contributed by atoms with Gasteiger partial charge >= 0.3 is 0 Å². The molecule has 0 N–H and O–H groups in total. The molecule has 3 aliphatic carbocycles. The summed E-state index contributed by atoms with van der Waals surface area (Å²) in [6, 6.07) is 11.9. The molecule has 0 spiro atoms. The minimum absolute atomic E-state index is 0.0168. The maximum absolute atomic E-state index is 14.1. The number of benzene rings is 2. The Morgan fingerprint density at radius 3 is 1.39 bits per heavy atom. The number of Topliss-reactive ketones (excluding diaryl/α,β-unsaturated/α-hetero) is 2. The zero-order valence-corrected chi connectivity index (χ0v) is 24.5. The van der Waals surface area contributed by atoms with Gasteiger partial charge in [-0.1, -0.05) is 48.2 Å². The van der Waals surface area contributed by atoms with E-state index in [9.17, 15) is 39.4 Å². The lowest BCUT2D eigenvalue weighted by atomic mass is 9.83. The second kappa shape index (κ2) is 12.4. The van der Waals surface area contributed by atoms with Crippen LogP contribution in [0.2, 0.25) is 10.0 Å². The van der Waals surface area contributed by atoms with Crippen LogP contribution in [0.3, 0.4) is 0 Å². The van der Waals surface area contributed by atoms with E-state index in [1.807, 2.05) is 18.2 Å². The standard InChI is InChI=1S/C34H20Cl2F2N4O2/c35-27-9-21-23(10-28(27)36)33(43)25(31(21)19(13-39)14-40)7-17-3-1-5-18(6-2-4-17)8-26-32(20(15-41)16-42)22-11-29(37)30(38)12-24(22)34(26)44/h7-12,17-18H,1-6H2/b25-7-,26-8-. The summed E-state index contributed by atoms with van der Waals surface area (Å²) in [6.07, 6.45) is 7.53. The van der Waals surface area contributed by atoms with Gasteiger partial charge in [-0.15, -0.1) is 0 Å². The molecule has 6 nitrogen and oxygen atoms in total. The first-order valence-corrected chi connectivity index (χ1v) is 14.5. The number of nitrogens with zero attached hydrogens (tertiary/aromatic N) is 4. The van der Waals surface area contributed by atoms with Crippen LogP contribution in [-0.2, 0) is 0 Å². The summed E-state index contributed by atoms with van der Waals surface area (Å²) in [5, 5.41) is 38.7. The van der Waals surface area contributed by atoms with Crippen LogP contribution < -0.4 is 0 Å². The van der Waals surface area contributed by atoms with E-state index in [0.29, 0.717) is 44.1 Å². The normalized spacial score (nSPS) is 21.1. The van der Waals surface area contributed by atoms with Gasteiger partial charge in [0.2, 0.25) is 0 Å². The lowest BCUT2D eigenvalue weighted by molar-refractivity contribution is 0.103. The first-order chi connectivity index (χ1) is 21.1. The van der Waals surface area contributed by atoms with E-state index in [4.69, 9.17) is 23.2 Å². The lowest BCUT2D eigenvalue weighted by Crippen LogP contribution is -2.10. The average molecular weight is 625 g/mol. The van der Waals surface area contributed by atoms with E-state index in [1.165, 1.54) is 12.1 Å².